The molecule has 0 saturated carbocycles. The van der Waals surface area contributed by atoms with E-state index >= 15 is 0 Å². The Hall–Kier alpha value is -1.25. The molecule has 0 fully saturated rings. The number of nitrogens with one attached hydrogen (secondary N) is 1. The predicted octanol–water partition coefficient (Wildman–Crippen LogP) is 1.84. The molecule has 1 aromatic heterocycles. The third kappa shape index (κ3) is 3.65. The smallest absolute Gasteiger partial charge is 0.240 e. The molecule has 0 radical (unpaired) electrons. The molecule has 5 nitrogen and oxygen atoms in total. The molecule has 0 bridgehead atoms. The third-order valence-corrected chi connectivity index (χ3v) is 4.77. The largest absolute Gasteiger partial charge is 0.276 e. The number of benzene rings is 1. The minimum Gasteiger partial charge on any atom is -0.276 e. The topological polar surface area (TPSA) is 64.0 Å². The van der Waals surface area contributed by atoms with Crippen LogP contribution in [0.3, 0.4) is 0 Å². The average Bonchev–Trinajstić information content (AvgIpc) is 2.78. The zero-order chi connectivity index (χ0) is 14.8. The van der Waals surface area contributed by atoms with Crippen molar-refractivity contribution in [2.24, 2.45) is 7.05 Å². The summed E-state index contributed by atoms with van der Waals surface area (Å²) >= 11 is 2.98. The Labute approximate surface area is 125 Å². The maximum atomic E-state index is 13.3. The normalized spacial score (nSPS) is 11.8. The molecule has 0 unspecified atom stereocenters. The Balaban J connectivity index is 2.02. The van der Waals surface area contributed by atoms with Gasteiger partial charge in [-0.05, 0) is 46.1 Å². The highest BCUT2D eigenvalue weighted by Crippen LogP contribution is 2.19. The van der Waals surface area contributed by atoms with Crippen LogP contribution in [-0.2, 0) is 23.5 Å². The standard InChI is InChI=1S/C12H13BrFN3O2S/c1-17-8-9(7-15-17)4-5-16-20(18,19)10-2-3-11(13)12(14)6-10/h2-3,6-8,16H,4-5H2,1H3. The van der Waals surface area contributed by atoms with E-state index in [0.717, 1.165) is 11.6 Å². The Morgan fingerprint density at radius 1 is 1.45 bits per heavy atom. The lowest BCUT2D eigenvalue weighted by Crippen LogP contribution is -2.26. The molecule has 8 heteroatoms. The zero-order valence-electron chi connectivity index (χ0n) is 10.7. The number of aryl methyl sites for hydroxylation is 1. The molecule has 0 aliphatic heterocycles. The van der Waals surface area contributed by atoms with Crippen molar-refractivity contribution in [3.05, 3.63) is 46.4 Å². The van der Waals surface area contributed by atoms with Gasteiger partial charge in [-0.15, -0.1) is 0 Å². The molecule has 1 heterocycles. The first kappa shape index (κ1) is 15.1. The molecule has 0 aliphatic carbocycles. The first-order valence-electron chi connectivity index (χ1n) is 5.81. The average molecular weight is 362 g/mol. The molecule has 0 spiro atoms. The van der Waals surface area contributed by atoms with Crippen molar-refractivity contribution in [3.8, 4) is 0 Å². The van der Waals surface area contributed by atoms with Crippen molar-refractivity contribution in [2.45, 2.75) is 11.3 Å². The number of hydrogen-bond donors (Lipinski definition) is 1. The summed E-state index contributed by atoms with van der Waals surface area (Å²) in [6.45, 7) is 0.228. The van der Waals surface area contributed by atoms with Crippen molar-refractivity contribution in [3.63, 3.8) is 0 Å². The van der Waals surface area contributed by atoms with Crippen LogP contribution in [0.4, 0.5) is 4.39 Å². The molecule has 0 amide bonds. The van der Waals surface area contributed by atoms with Crippen LogP contribution in [0, 0.1) is 5.82 Å². The summed E-state index contributed by atoms with van der Waals surface area (Å²) in [7, 11) is -1.91. The van der Waals surface area contributed by atoms with Gasteiger partial charge in [-0.3, -0.25) is 4.68 Å². The number of aromatic nitrogens is 2. The van der Waals surface area contributed by atoms with E-state index in [2.05, 4.69) is 25.8 Å². The Bertz CT molecular complexity index is 715. The summed E-state index contributed by atoms with van der Waals surface area (Å²) in [5, 5.41) is 4.00. The van der Waals surface area contributed by atoms with Gasteiger partial charge in [-0.1, -0.05) is 0 Å². The second kappa shape index (κ2) is 6.02. The van der Waals surface area contributed by atoms with Crippen molar-refractivity contribution in [2.75, 3.05) is 6.54 Å². The summed E-state index contributed by atoms with van der Waals surface area (Å²) in [5.74, 6) is -0.611. The van der Waals surface area contributed by atoms with Crippen molar-refractivity contribution < 1.29 is 12.8 Å². The van der Waals surface area contributed by atoms with Crippen LogP contribution in [0.15, 0.2) is 40.0 Å². The fraction of sp³-hybridized carbons (Fsp3) is 0.250. The van der Waals surface area contributed by atoms with Gasteiger partial charge in [0.1, 0.15) is 5.82 Å². The van der Waals surface area contributed by atoms with E-state index in [4.69, 9.17) is 0 Å². The van der Waals surface area contributed by atoms with Crippen LogP contribution < -0.4 is 4.72 Å². The van der Waals surface area contributed by atoms with E-state index in [1.807, 2.05) is 6.20 Å². The van der Waals surface area contributed by atoms with E-state index in [1.54, 1.807) is 17.9 Å². The molecule has 1 N–H and O–H groups in total. The van der Waals surface area contributed by atoms with Gasteiger partial charge in [-0.25, -0.2) is 17.5 Å². The molecular weight excluding hydrogens is 349 g/mol. The van der Waals surface area contributed by atoms with Gasteiger partial charge in [0, 0.05) is 19.8 Å². The van der Waals surface area contributed by atoms with Gasteiger partial charge >= 0.3 is 0 Å². The highest BCUT2D eigenvalue weighted by atomic mass is 79.9. The number of halogens is 2. The van der Waals surface area contributed by atoms with E-state index in [1.165, 1.54) is 12.1 Å². The molecule has 2 rings (SSSR count). The summed E-state index contributed by atoms with van der Waals surface area (Å²) in [6.07, 6.45) is 4.01. The maximum absolute atomic E-state index is 13.3. The number of sulfonamides is 1. The van der Waals surface area contributed by atoms with Gasteiger partial charge in [0.05, 0.1) is 15.6 Å². The molecule has 1 aromatic carbocycles. The SMILES string of the molecule is Cn1cc(CCNS(=O)(=O)c2ccc(Br)c(F)c2)cn1. The maximum Gasteiger partial charge on any atom is 0.240 e. The number of rotatable bonds is 5. The summed E-state index contributed by atoms with van der Waals surface area (Å²) in [4.78, 5) is -0.0932. The number of nitrogens with zero attached hydrogens (tertiary/aromatic N) is 2. The summed E-state index contributed by atoms with van der Waals surface area (Å²) < 4.78 is 41.6. The highest BCUT2D eigenvalue weighted by molar-refractivity contribution is 9.10. The van der Waals surface area contributed by atoms with Crippen LogP contribution >= 0.6 is 15.9 Å². The van der Waals surface area contributed by atoms with Crippen LogP contribution in [0.1, 0.15) is 5.56 Å². The minimum absolute atomic E-state index is 0.0932. The lowest BCUT2D eigenvalue weighted by atomic mass is 10.3. The Morgan fingerprint density at radius 2 is 2.20 bits per heavy atom. The predicted molar refractivity (Wildman–Crippen MR) is 76.2 cm³/mol. The van der Waals surface area contributed by atoms with Crippen molar-refractivity contribution >= 4 is 26.0 Å². The lowest BCUT2D eigenvalue weighted by molar-refractivity contribution is 0.577. The molecule has 0 atom stereocenters. The van der Waals surface area contributed by atoms with Crippen molar-refractivity contribution in [1.29, 1.82) is 0 Å². The van der Waals surface area contributed by atoms with E-state index in [9.17, 15) is 12.8 Å². The first-order valence-corrected chi connectivity index (χ1v) is 8.08. The molecule has 108 valence electrons. The van der Waals surface area contributed by atoms with Crippen LogP contribution in [-0.4, -0.2) is 24.7 Å². The second-order valence-corrected chi connectivity index (χ2v) is 6.87. The van der Waals surface area contributed by atoms with Gasteiger partial charge in [0.15, 0.2) is 0 Å². The Kier molecular flexibility index (Phi) is 4.56. The zero-order valence-corrected chi connectivity index (χ0v) is 13.1. The monoisotopic (exact) mass is 361 g/mol. The van der Waals surface area contributed by atoms with E-state index in [0.29, 0.717) is 6.42 Å². The third-order valence-electron chi connectivity index (χ3n) is 2.67. The Morgan fingerprint density at radius 3 is 2.80 bits per heavy atom. The molecular formula is C12H13BrFN3O2S. The molecule has 0 aliphatic rings. The molecule has 2 aromatic rings. The highest BCUT2D eigenvalue weighted by Gasteiger charge is 2.15. The number of hydrogen-bond acceptors (Lipinski definition) is 3. The minimum atomic E-state index is -3.70. The quantitative estimate of drug-likeness (QED) is 0.883. The van der Waals surface area contributed by atoms with E-state index < -0.39 is 15.8 Å². The fourth-order valence-corrected chi connectivity index (χ4v) is 2.95. The van der Waals surface area contributed by atoms with E-state index in [-0.39, 0.29) is 15.9 Å². The van der Waals surface area contributed by atoms with Crippen LogP contribution in [0.25, 0.3) is 0 Å². The second-order valence-electron chi connectivity index (χ2n) is 4.25. The fourth-order valence-electron chi connectivity index (χ4n) is 1.66. The summed E-state index contributed by atoms with van der Waals surface area (Å²) in [5.41, 5.74) is 0.928. The lowest BCUT2D eigenvalue weighted by Gasteiger charge is -2.06. The van der Waals surface area contributed by atoms with Crippen LogP contribution in [0.5, 0.6) is 0 Å². The molecule has 0 saturated heterocycles. The van der Waals surface area contributed by atoms with Crippen LogP contribution in [0.2, 0.25) is 0 Å². The van der Waals surface area contributed by atoms with Gasteiger partial charge in [0.25, 0.3) is 0 Å². The van der Waals surface area contributed by atoms with Crippen molar-refractivity contribution in [1.82, 2.24) is 14.5 Å². The van der Waals surface area contributed by atoms with Gasteiger partial charge < -0.3 is 0 Å². The summed E-state index contributed by atoms with van der Waals surface area (Å²) in [6, 6.07) is 3.70. The first-order chi connectivity index (χ1) is 9.38. The van der Waals surface area contributed by atoms with Gasteiger partial charge in [0.2, 0.25) is 10.0 Å². The van der Waals surface area contributed by atoms with Gasteiger partial charge in [-0.2, -0.15) is 5.10 Å². The molecule has 20 heavy (non-hydrogen) atoms.